The molecule has 0 aromatic heterocycles. The number of aliphatic hydroxyl groups excluding tert-OH is 1. The van der Waals surface area contributed by atoms with Gasteiger partial charge < -0.3 is 39.2 Å². The fourth-order valence-electron chi connectivity index (χ4n) is 6.23. The first kappa shape index (κ1) is 29.5. The van der Waals surface area contributed by atoms with Crippen molar-refractivity contribution in [2.45, 2.75) is 88.9 Å². The Morgan fingerprint density at radius 3 is 2.52 bits per heavy atom. The average molecular weight is 562 g/mol. The summed E-state index contributed by atoms with van der Waals surface area (Å²) in [4.78, 5) is 50.0. The summed E-state index contributed by atoms with van der Waals surface area (Å²) in [5.41, 5.74) is -0.103. The van der Waals surface area contributed by atoms with Crippen molar-refractivity contribution < 1.29 is 53.4 Å². The van der Waals surface area contributed by atoms with Gasteiger partial charge in [-0.05, 0) is 52.4 Å². The zero-order valence-electron chi connectivity index (χ0n) is 23.1. The molecule has 2 aliphatic heterocycles. The summed E-state index contributed by atoms with van der Waals surface area (Å²) in [5, 5.41) is 31.3. The molecule has 1 aromatic carbocycles. The van der Waals surface area contributed by atoms with Gasteiger partial charge in [0.1, 0.15) is 11.5 Å². The van der Waals surface area contributed by atoms with Crippen LogP contribution in [-0.2, 0) is 45.4 Å². The Balaban J connectivity index is 1.64. The van der Waals surface area contributed by atoms with Gasteiger partial charge in [-0.1, -0.05) is 12.1 Å². The largest absolute Gasteiger partial charge is 0.481 e. The van der Waals surface area contributed by atoms with E-state index in [0.29, 0.717) is 24.3 Å². The second-order valence-electron chi connectivity index (χ2n) is 10.7. The number of carboxylic acids is 1. The quantitative estimate of drug-likeness (QED) is 0.306. The Bertz CT molecular complexity index is 1240. The minimum atomic E-state index is -1.73. The number of benzene rings is 1. The molecule has 40 heavy (non-hydrogen) atoms. The topological polar surface area (TPSA) is 169 Å². The maximum Gasteiger partial charge on any atom is 0.352 e. The number of aliphatic hydroxyl groups is 2. The van der Waals surface area contributed by atoms with Crippen LogP contribution in [0.15, 0.2) is 24.0 Å². The Kier molecular flexibility index (Phi) is 7.99. The molecule has 0 unspecified atom stereocenters. The highest BCUT2D eigenvalue weighted by Crippen LogP contribution is 2.61. The maximum absolute atomic E-state index is 13.1. The van der Waals surface area contributed by atoms with Gasteiger partial charge >= 0.3 is 23.9 Å². The standard InChI is InChI=1S/C28H35NO11/c1-14-6-7-18(13-30)23-22(14)27-10-11-29(5)16(3)28(27,36)9-8-19(24(27)40-23)39-25(34)15(2)37-26(35)20(12-21(32)33)38-17(4)31/h6-8,15-16,20,24,30,36H,9-13H2,1-5H3,(H,32,33)/t15-,16+,20-,24-,27-,28+/m0/s1. The van der Waals surface area contributed by atoms with E-state index in [1.807, 2.05) is 27.0 Å². The van der Waals surface area contributed by atoms with Crippen LogP contribution in [0.3, 0.4) is 0 Å². The van der Waals surface area contributed by atoms with E-state index >= 15 is 0 Å². The monoisotopic (exact) mass is 561 g/mol. The Hall–Kier alpha value is -3.48. The van der Waals surface area contributed by atoms with E-state index in [0.717, 1.165) is 18.1 Å². The number of hydrogen-bond donors (Lipinski definition) is 3. The highest BCUT2D eigenvalue weighted by molar-refractivity contribution is 5.86. The lowest BCUT2D eigenvalue weighted by molar-refractivity contribution is -0.180. The molecule has 1 spiro atoms. The molecular formula is C28H35NO11. The number of rotatable bonds is 8. The van der Waals surface area contributed by atoms with Crippen LogP contribution < -0.4 is 4.74 Å². The SMILES string of the molecule is CC(=O)O[C@@H](CC(=O)O)C(=O)O[C@@H](C)C(=O)OC1=CC[C@@]2(O)[C@@H](C)N(C)CC[C@@]23c2c(C)ccc(CO)c2O[C@@H]13. The first-order valence-electron chi connectivity index (χ1n) is 13.1. The molecule has 1 aromatic rings. The van der Waals surface area contributed by atoms with Crippen LogP contribution in [0.1, 0.15) is 56.7 Å². The van der Waals surface area contributed by atoms with Crippen molar-refractivity contribution in [3.05, 3.63) is 40.7 Å². The Morgan fingerprint density at radius 1 is 1.20 bits per heavy atom. The smallest absolute Gasteiger partial charge is 0.352 e. The Labute approximate surface area is 231 Å². The lowest BCUT2D eigenvalue weighted by atomic mass is 9.54. The van der Waals surface area contributed by atoms with E-state index in [4.69, 9.17) is 24.1 Å². The van der Waals surface area contributed by atoms with E-state index in [9.17, 15) is 29.4 Å². The van der Waals surface area contributed by atoms with Gasteiger partial charge in [0, 0.05) is 30.5 Å². The Morgan fingerprint density at radius 2 is 1.90 bits per heavy atom. The molecule has 6 atom stereocenters. The van der Waals surface area contributed by atoms with Gasteiger partial charge in [-0.3, -0.25) is 9.59 Å². The molecular weight excluding hydrogens is 526 g/mol. The normalized spacial score (nSPS) is 28.5. The van der Waals surface area contributed by atoms with Gasteiger partial charge in [-0.25, -0.2) is 9.59 Å². The zero-order valence-corrected chi connectivity index (χ0v) is 23.1. The van der Waals surface area contributed by atoms with E-state index in [-0.39, 0.29) is 24.8 Å². The number of hydrogen-bond acceptors (Lipinski definition) is 11. The predicted molar refractivity (Wildman–Crippen MR) is 137 cm³/mol. The number of aryl methyl sites for hydroxylation is 1. The minimum Gasteiger partial charge on any atom is -0.481 e. The van der Waals surface area contributed by atoms with Crippen molar-refractivity contribution in [1.29, 1.82) is 0 Å². The van der Waals surface area contributed by atoms with Crippen molar-refractivity contribution in [2.24, 2.45) is 0 Å². The molecule has 0 radical (unpaired) electrons. The number of carbonyl (C=O) groups excluding carboxylic acids is 3. The maximum atomic E-state index is 13.1. The molecule has 1 fully saturated rings. The molecule has 1 aliphatic carbocycles. The summed E-state index contributed by atoms with van der Waals surface area (Å²) >= 11 is 0. The van der Waals surface area contributed by atoms with E-state index in [1.54, 1.807) is 12.1 Å². The third-order valence-electron chi connectivity index (χ3n) is 8.38. The molecule has 12 heteroatoms. The second kappa shape index (κ2) is 10.8. The van der Waals surface area contributed by atoms with Gasteiger partial charge in [-0.15, -0.1) is 0 Å². The molecule has 4 rings (SSSR count). The first-order chi connectivity index (χ1) is 18.8. The number of likely N-dealkylation sites (tertiary alicyclic amines) is 1. The molecule has 3 aliphatic rings. The summed E-state index contributed by atoms with van der Waals surface area (Å²) in [7, 11) is 1.93. The molecule has 2 heterocycles. The summed E-state index contributed by atoms with van der Waals surface area (Å²) in [6.07, 6.45) is -2.73. The fourth-order valence-corrected chi connectivity index (χ4v) is 6.23. The minimum absolute atomic E-state index is 0.135. The fraction of sp³-hybridized carbons (Fsp3) is 0.571. The van der Waals surface area contributed by atoms with Crippen molar-refractivity contribution in [2.75, 3.05) is 13.6 Å². The number of nitrogens with zero attached hydrogens (tertiary/aromatic N) is 1. The van der Waals surface area contributed by atoms with Crippen LogP contribution in [0.4, 0.5) is 0 Å². The zero-order chi connectivity index (χ0) is 29.6. The summed E-state index contributed by atoms with van der Waals surface area (Å²) in [6.45, 7) is 6.44. The number of carbonyl (C=O) groups is 4. The van der Waals surface area contributed by atoms with Gasteiger partial charge in [-0.2, -0.15) is 0 Å². The van der Waals surface area contributed by atoms with Crippen LogP contribution in [0.25, 0.3) is 0 Å². The molecule has 12 nitrogen and oxygen atoms in total. The lowest BCUT2D eigenvalue weighted by Crippen LogP contribution is -2.71. The molecule has 1 saturated heterocycles. The van der Waals surface area contributed by atoms with E-state index < -0.39 is 59.6 Å². The van der Waals surface area contributed by atoms with Gasteiger partial charge in [0.05, 0.1) is 24.0 Å². The number of piperidine rings is 1. The highest BCUT2D eigenvalue weighted by atomic mass is 16.6. The van der Waals surface area contributed by atoms with Crippen LogP contribution >= 0.6 is 0 Å². The predicted octanol–water partition coefficient (Wildman–Crippen LogP) is 1.11. The third-order valence-corrected chi connectivity index (χ3v) is 8.38. The number of likely N-dealkylation sites (N-methyl/N-ethyl adjacent to an activating group) is 1. The second-order valence-corrected chi connectivity index (χ2v) is 10.7. The molecule has 0 amide bonds. The van der Waals surface area contributed by atoms with Crippen LogP contribution in [0.2, 0.25) is 0 Å². The van der Waals surface area contributed by atoms with Crippen molar-refractivity contribution in [1.82, 2.24) is 4.90 Å². The molecule has 218 valence electrons. The van der Waals surface area contributed by atoms with Crippen molar-refractivity contribution >= 4 is 23.9 Å². The highest BCUT2D eigenvalue weighted by Gasteiger charge is 2.69. The van der Waals surface area contributed by atoms with Gasteiger partial charge in [0.15, 0.2) is 12.2 Å². The summed E-state index contributed by atoms with van der Waals surface area (Å²) in [6, 6.07) is 3.35. The average Bonchev–Trinajstić information content (AvgIpc) is 3.25. The summed E-state index contributed by atoms with van der Waals surface area (Å²) < 4.78 is 22.0. The van der Waals surface area contributed by atoms with E-state index in [1.165, 1.54) is 6.92 Å². The third kappa shape index (κ3) is 4.73. The number of ether oxygens (including phenoxy) is 4. The number of fused-ring (bicyclic) bond motifs is 1. The lowest BCUT2D eigenvalue weighted by Gasteiger charge is -2.58. The number of carboxylic acid groups (broad SMARTS) is 1. The molecule has 3 N–H and O–H groups in total. The van der Waals surface area contributed by atoms with Crippen LogP contribution in [0, 0.1) is 6.92 Å². The van der Waals surface area contributed by atoms with Gasteiger partial charge in [0.2, 0.25) is 6.10 Å². The van der Waals surface area contributed by atoms with Crippen LogP contribution in [-0.4, -0.2) is 87.6 Å². The summed E-state index contributed by atoms with van der Waals surface area (Å²) in [5.74, 6) is -3.86. The van der Waals surface area contributed by atoms with E-state index in [2.05, 4.69) is 4.90 Å². The first-order valence-corrected chi connectivity index (χ1v) is 13.1. The molecule has 0 saturated carbocycles. The number of esters is 3. The molecule has 0 bridgehead atoms. The van der Waals surface area contributed by atoms with Crippen molar-refractivity contribution in [3.63, 3.8) is 0 Å². The van der Waals surface area contributed by atoms with Crippen molar-refractivity contribution in [3.8, 4) is 5.75 Å². The van der Waals surface area contributed by atoms with Crippen LogP contribution in [0.5, 0.6) is 5.75 Å². The number of aliphatic carboxylic acids is 1. The van der Waals surface area contributed by atoms with Gasteiger partial charge in [0.25, 0.3) is 0 Å².